The standard InChI is InChI=1S/C12H23N3O/c1-2-12(4-3-5-12)10-13-6-8-15-9-7-14-11(15)16/h13H,2-10H2,1H3,(H,14,16). The van der Waals surface area contributed by atoms with Crippen LogP contribution in [0, 0.1) is 5.41 Å². The molecule has 4 nitrogen and oxygen atoms in total. The van der Waals surface area contributed by atoms with Crippen molar-refractivity contribution in [1.82, 2.24) is 15.5 Å². The van der Waals surface area contributed by atoms with E-state index >= 15 is 0 Å². The minimum atomic E-state index is 0.0932. The summed E-state index contributed by atoms with van der Waals surface area (Å²) < 4.78 is 0. The third-order valence-corrected chi connectivity index (χ3v) is 4.17. The molecule has 0 aromatic heterocycles. The van der Waals surface area contributed by atoms with E-state index in [1.807, 2.05) is 4.90 Å². The van der Waals surface area contributed by atoms with E-state index in [9.17, 15) is 4.79 Å². The van der Waals surface area contributed by atoms with Crippen molar-refractivity contribution in [1.29, 1.82) is 0 Å². The highest BCUT2D eigenvalue weighted by molar-refractivity contribution is 5.76. The fourth-order valence-corrected chi connectivity index (χ4v) is 2.62. The quantitative estimate of drug-likeness (QED) is 0.667. The summed E-state index contributed by atoms with van der Waals surface area (Å²) in [5.41, 5.74) is 0.577. The van der Waals surface area contributed by atoms with E-state index in [-0.39, 0.29) is 6.03 Å². The number of carbonyl (C=O) groups excluding carboxylic acids is 1. The van der Waals surface area contributed by atoms with Crippen LogP contribution < -0.4 is 10.6 Å². The van der Waals surface area contributed by atoms with Crippen LogP contribution in [0.2, 0.25) is 0 Å². The molecule has 0 aromatic carbocycles. The summed E-state index contributed by atoms with van der Waals surface area (Å²) >= 11 is 0. The summed E-state index contributed by atoms with van der Waals surface area (Å²) in [4.78, 5) is 13.2. The third-order valence-electron chi connectivity index (χ3n) is 4.17. The molecule has 1 saturated carbocycles. The normalized spacial score (nSPS) is 23.1. The monoisotopic (exact) mass is 225 g/mol. The lowest BCUT2D eigenvalue weighted by atomic mass is 9.67. The Hall–Kier alpha value is -0.770. The van der Waals surface area contributed by atoms with Gasteiger partial charge in [0.2, 0.25) is 0 Å². The van der Waals surface area contributed by atoms with Gasteiger partial charge in [-0.2, -0.15) is 0 Å². The number of rotatable bonds is 6. The molecule has 2 amide bonds. The van der Waals surface area contributed by atoms with Gasteiger partial charge in [-0.25, -0.2) is 4.79 Å². The van der Waals surface area contributed by atoms with Crippen molar-refractivity contribution >= 4 is 6.03 Å². The number of urea groups is 1. The van der Waals surface area contributed by atoms with E-state index in [2.05, 4.69) is 17.6 Å². The number of hydrogen-bond acceptors (Lipinski definition) is 2. The summed E-state index contributed by atoms with van der Waals surface area (Å²) in [6, 6.07) is 0.0932. The van der Waals surface area contributed by atoms with Crippen LogP contribution in [0.15, 0.2) is 0 Å². The van der Waals surface area contributed by atoms with Crippen LogP contribution in [0.25, 0.3) is 0 Å². The van der Waals surface area contributed by atoms with Gasteiger partial charge in [-0.05, 0) is 24.7 Å². The van der Waals surface area contributed by atoms with Crippen LogP contribution in [-0.2, 0) is 0 Å². The summed E-state index contributed by atoms with van der Waals surface area (Å²) in [5.74, 6) is 0. The SMILES string of the molecule is CCC1(CNCCN2CCNC2=O)CCC1. The zero-order valence-corrected chi connectivity index (χ0v) is 10.2. The average Bonchev–Trinajstić information content (AvgIpc) is 2.62. The van der Waals surface area contributed by atoms with Crippen LogP contribution in [-0.4, -0.2) is 43.7 Å². The molecule has 2 aliphatic rings. The lowest BCUT2D eigenvalue weighted by molar-refractivity contribution is 0.123. The van der Waals surface area contributed by atoms with Crippen molar-refractivity contribution in [2.24, 2.45) is 5.41 Å². The lowest BCUT2D eigenvalue weighted by Crippen LogP contribution is -2.42. The van der Waals surface area contributed by atoms with E-state index in [4.69, 9.17) is 0 Å². The Kier molecular flexibility index (Phi) is 3.69. The summed E-state index contributed by atoms with van der Waals surface area (Å²) in [6.07, 6.45) is 5.43. The smallest absolute Gasteiger partial charge is 0.317 e. The molecule has 0 atom stereocenters. The van der Waals surface area contributed by atoms with Crippen LogP contribution >= 0.6 is 0 Å². The first-order valence-corrected chi connectivity index (χ1v) is 6.49. The zero-order valence-electron chi connectivity index (χ0n) is 10.2. The molecule has 0 spiro atoms. The molecule has 1 heterocycles. The largest absolute Gasteiger partial charge is 0.336 e. The molecule has 2 fully saturated rings. The first-order valence-electron chi connectivity index (χ1n) is 6.49. The van der Waals surface area contributed by atoms with Gasteiger partial charge in [-0.3, -0.25) is 0 Å². The highest BCUT2D eigenvalue weighted by Gasteiger charge is 2.34. The first-order chi connectivity index (χ1) is 7.76. The van der Waals surface area contributed by atoms with Crippen molar-refractivity contribution in [3.63, 3.8) is 0 Å². The number of carbonyl (C=O) groups is 1. The van der Waals surface area contributed by atoms with Gasteiger partial charge in [-0.1, -0.05) is 13.3 Å². The van der Waals surface area contributed by atoms with Crippen molar-refractivity contribution < 1.29 is 4.79 Å². The van der Waals surface area contributed by atoms with Crippen molar-refractivity contribution in [3.05, 3.63) is 0 Å². The second-order valence-electron chi connectivity index (χ2n) is 5.10. The van der Waals surface area contributed by atoms with E-state index in [1.165, 1.54) is 25.7 Å². The Bertz CT molecular complexity index is 245. The molecule has 1 saturated heterocycles. The molecule has 0 bridgehead atoms. The van der Waals surface area contributed by atoms with Gasteiger partial charge in [0.15, 0.2) is 0 Å². The minimum Gasteiger partial charge on any atom is -0.336 e. The molecule has 92 valence electrons. The number of amides is 2. The summed E-state index contributed by atoms with van der Waals surface area (Å²) in [5, 5.41) is 6.32. The van der Waals surface area contributed by atoms with Gasteiger partial charge in [0.25, 0.3) is 0 Å². The third kappa shape index (κ3) is 2.48. The Morgan fingerprint density at radius 1 is 1.50 bits per heavy atom. The predicted molar refractivity (Wildman–Crippen MR) is 64.4 cm³/mol. The lowest BCUT2D eigenvalue weighted by Gasteiger charge is -2.41. The maximum Gasteiger partial charge on any atom is 0.317 e. The zero-order chi connectivity index (χ0) is 11.4. The molecular weight excluding hydrogens is 202 g/mol. The molecule has 0 unspecified atom stereocenters. The van der Waals surface area contributed by atoms with Gasteiger partial charge < -0.3 is 15.5 Å². The minimum absolute atomic E-state index is 0.0932. The van der Waals surface area contributed by atoms with Crippen LogP contribution in [0.5, 0.6) is 0 Å². The van der Waals surface area contributed by atoms with Gasteiger partial charge in [0.1, 0.15) is 0 Å². The molecule has 2 rings (SSSR count). The molecule has 16 heavy (non-hydrogen) atoms. The Labute approximate surface area is 97.8 Å². The second kappa shape index (κ2) is 5.04. The van der Waals surface area contributed by atoms with E-state index in [0.717, 1.165) is 32.7 Å². The summed E-state index contributed by atoms with van der Waals surface area (Å²) in [7, 11) is 0. The maximum absolute atomic E-state index is 11.3. The molecule has 4 heteroatoms. The second-order valence-corrected chi connectivity index (χ2v) is 5.10. The van der Waals surface area contributed by atoms with Crippen LogP contribution in [0.1, 0.15) is 32.6 Å². The Morgan fingerprint density at radius 2 is 2.31 bits per heavy atom. The van der Waals surface area contributed by atoms with E-state index in [0.29, 0.717) is 5.41 Å². The average molecular weight is 225 g/mol. The number of nitrogens with zero attached hydrogens (tertiary/aromatic N) is 1. The van der Waals surface area contributed by atoms with Crippen molar-refractivity contribution in [2.45, 2.75) is 32.6 Å². The maximum atomic E-state index is 11.3. The van der Waals surface area contributed by atoms with Crippen LogP contribution in [0.4, 0.5) is 4.79 Å². The topological polar surface area (TPSA) is 44.4 Å². The molecule has 0 aromatic rings. The fourth-order valence-electron chi connectivity index (χ4n) is 2.62. The fraction of sp³-hybridized carbons (Fsp3) is 0.917. The molecule has 1 aliphatic heterocycles. The number of nitrogens with one attached hydrogen (secondary N) is 2. The number of hydrogen-bond donors (Lipinski definition) is 2. The van der Waals surface area contributed by atoms with Gasteiger partial charge in [-0.15, -0.1) is 0 Å². The van der Waals surface area contributed by atoms with Gasteiger partial charge in [0.05, 0.1) is 0 Å². The molecule has 2 N–H and O–H groups in total. The van der Waals surface area contributed by atoms with Crippen molar-refractivity contribution in [3.8, 4) is 0 Å². The van der Waals surface area contributed by atoms with Gasteiger partial charge >= 0.3 is 6.03 Å². The van der Waals surface area contributed by atoms with E-state index in [1.54, 1.807) is 0 Å². The highest BCUT2D eigenvalue weighted by atomic mass is 16.2. The molecule has 0 radical (unpaired) electrons. The highest BCUT2D eigenvalue weighted by Crippen LogP contribution is 2.42. The van der Waals surface area contributed by atoms with Gasteiger partial charge in [0, 0.05) is 32.7 Å². The summed E-state index contributed by atoms with van der Waals surface area (Å²) in [6.45, 7) is 6.84. The first kappa shape index (κ1) is 11.7. The molecular formula is C12H23N3O. The Morgan fingerprint density at radius 3 is 2.81 bits per heavy atom. The van der Waals surface area contributed by atoms with Crippen molar-refractivity contribution in [2.75, 3.05) is 32.7 Å². The predicted octanol–water partition coefficient (Wildman–Crippen LogP) is 1.18. The Balaban J connectivity index is 1.59. The van der Waals surface area contributed by atoms with E-state index < -0.39 is 0 Å². The molecule has 1 aliphatic carbocycles. The van der Waals surface area contributed by atoms with Crippen LogP contribution in [0.3, 0.4) is 0 Å².